The highest BCUT2D eigenvalue weighted by atomic mass is 19.1. The Morgan fingerprint density at radius 2 is 1.87 bits per heavy atom. The van der Waals surface area contributed by atoms with Gasteiger partial charge in [-0.25, -0.2) is 4.39 Å². The zero-order valence-corrected chi connectivity index (χ0v) is 18.5. The molecule has 3 rings (SSSR count). The van der Waals surface area contributed by atoms with Crippen LogP contribution in [0.25, 0.3) is 0 Å². The van der Waals surface area contributed by atoms with E-state index in [1.807, 2.05) is 13.0 Å². The van der Waals surface area contributed by atoms with Crippen LogP contribution in [0, 0.1) is 5.82 Å². The molecule has 164 valence electrons. The van der Waals surface area contributed by atoms with Gasteiger partial charge in [0.1, 0.15) is 17.3 Å². The minimum atomic E-state index is -0.234. The number of hydrogen-bond acceptors (Lipinski definition) is 4. The van der Waals surface area contributed by atoms with Crippen LogP contribution in [-0.4, -0.2) is 43.2 Å². The predicted octanol–water partition coefficient (Wildman–Crippen LogP) is 4.30. The highest BCUT2D eigenvalue weighted by Gasteiger charge is 2.26. The van der Waals surface area contributed by atoms with Crippen LogP contribution in [0.4, 0.5) is 4.39 Å². The molecular formula is C24H33FN2O3. The maximum Gasteiger partial charge on any atom is 0.255 e. The standard InChI is InChI=1S/C24H33FN2O3/c1-17(5-6-18-7-9-19(25)10-8-18)26-23(28)20-15-22(24(2,3)4)30-21(20)16-27-11-13-29-14-12-27/h7-10,15,17H,5-6,11-14,16H2,1-4H3,(H,26,28). The number of nitrogens with one attached hydrogen (secondary N) is 1. The lowest BCUT2D eigenvalue weighted by molar-refractivity contribution is 0.0309. The molecule has 0 spiro atoms. The number of ether oxygens (including phenoxy) is 1. The summed E-state index contributed by atoms with van der Waals surface area (Å²) in [5, 5.41) is 3.10. The normalized spacial score (nSPS) is 16.4. The Kier molecular flexibility index (Phi) is 7.32. The van der Waals surface area contributed by atoms with Crippen molar-refractivity contribution in [2.75, 3.05) is 26.3 Å². The number of halogens is 1. The van der Waals surface area contributed by atoms with Gasteiger partial charge in [-0.3, -0.25) is 9.69 Å². The number of aryl methyl sites for hydroxylation is 1. The molecule has 0 saturated carbocycles. The second-order valence-electron chi connectivity index (χ2n) is 9.13. The van der Waals surface area contributed by atoms with Gasteiger partial charge in [0.25, 0.3) is 5.91 Å². The zero-order chi connectivity index (χ0) is 21.7. The van der Waals surface area contributed by atoms with Crippen LogP contribution in [0.5, 0.6) is 0 Å². The first-order valence-corrected chi connectivity index (χ1v) is 10.7. The van der Waals surface area contributed by atoms with Crippen molar-refractivity contribution in [1.82, 2.24) is 10.2 Å². The van der Waals surface area contributed by atoms with Crippen molar-refractivity contribution in [2.24, 2.45) is 0 Å². The summed E-state index contributed by atoms with van der Waals surface area (Å²) in [4.78, 5) is 15.3. The predicted molar refractivity (Wildman–Crippen MR) is 115 cm³/mol. The molecule has 1 atom stereocenters. The lowest BCUT2D eigenvalue weighted by Gasteiger charge is -2.26. The average Bonchev–Trinajstić information content (AvgIpc) is 3.13. The number of furan rings is 1. The van der Waals surface area contributed by atoms with Gasteiger partial charge in [-0.05, 0) is 43.5 Å². The monoisotopic (exact) mass is 416 g/mol. The molecule has 1 saturated heterocycles. The summed E-state index contributed by atoms with van der Waals surface area (Å²) in [7, 11) is 0. The van der Waals surface area contributed by atoms with Crippen molar-refractivity contribution in [3.05, 3.63) is 58.8 Å². The molecule has 1 aromatic carbocycles. The average molecular weight is 417 g/mol. The van der Waals surface area contributed by atoms with Gasteiger partial charge < -0.3 is 14.5 Å². The molecule has 1 unspecified atom stereocenters. The van der Waals surface area contributed by atoms with E-state index in [1.54, 1.807) is 12.1 Å². The minimum Gasteiger partial charge on any atom is -0.463 e. The van der Waals surface area contributed by atoms with Gasteiger partial charge in [0, 0.05) is 24.5 Å². The fraction of sp³-hybridized carbons (Fsp3) is 0.542. The number of morpholine rings is 1. The molecule has 1 aromatic heterocycles. The van der Waals surface area contributed by atoms with Crippen molar-refractivity contribution in [1.29, 1.82) is 0 Å². The van der Waals surface area contributed by atoms with E-state index in [0.29, 0.717) is 31.1 Å². The minimum absolute atomic E-state index is 0.00761. The number of hydrogen-bond donors (Lipinski definition) is 1. The van der Waals surface area contributed by atoms with Crippen LogP contribution in [0.2, 0.25) is 0 Å². The third-order valence-electron chi connectivity index (χ3n) is 5.42. The number of nitrogens with zero attached hydrogens (tertiary/aromatic N) is 1. The van der Waals surface area contributed by atoms with E-state index in [-0.39, 0.29) is 23.2 Å². The lowest BCUT2D eigenvalue weighted by atomic mass is 9.93. The van der Waals surface area contributed by atoms with Crippen LogP contribution < -0.4 is 5.32 Å². The number of rotatable bonds is 7. The van der Waals surface area contributed by atoms with Gasteiger partial charge in [-0.2, -0.15) is 0 Å². The highest BCUT2D eigenvalue weighted by Crippen LogP contribution is 2.28. The number of carbonyl (C=O) groups is 1. The summed E-state index contributed by atoms with van der Waals surface area (Å²) in [5.74, 6) is 1.19. The summed E-state index contributed by atoms with van der Waals surface area (Å²) in [5.41, 5.74) is 1.50. The Morgan fingerprint density at radius 1 is 1.20 bits per heavy atom. The van der Waals surface area contributed by atoms with Gasteiger partial charge in [0.2, 0.25) is 0 Å². The van der Waals surface area contributed by atoms with Gasteiger partial charge >= 0.3 is 0 Å². The highest BCUT2D eigenvalue weighted by molar-refractivity contribution is 5.95. The zero-order valence-electron chi connectivity index (χ0n) is 18.5. The molecule has 30 heavy (non-hydrogen) atoms. The van der Waals surface area contributed by atoms with Crippen molar-refractivity contribution in [3.63, 3.8) is 0 Å². The van der Waals surface area contributed by atoms with Crippen LogP contribution >= 0.6 is 0 Å². The molecule has 2 aromatic rings. The van der Waals surface area contributed by atoms with Crippen molar-refractivity contribution >= 4 is 5.91 Å². The Bertz CT molecular complexity index is 833. The second-order valence-corrected chi connectivity index (χ2v) is 9.13. The second kappa shape index (κ2) is 9.75. The first-order chi connectivity index (χ1) is 14.2. The third kappa shape index (κ3) is 6.16. The number of benzene rings is 1. The summed E-state index contributed by atoms with van der Waals surface area (Å²) < 4.78 is 24.6. The van der Waals surface area contributed by atoms with E-state index < -0.39 is 0 Å². The van der Waals surface area contributed by atoms with Crippen LogP contribution in [0.1, 0.15) is 61.6 Å². The summed E-state index contributed by atoms with van der Waals surface area (Å²) in [6.45, 7) is 11.9. The van der Waals surface area contributed by atoms with Crippen LogP contribution in [0.3, 0.4) is 0 Å². The fourth-order valence-corrected chi connectivity index (χ4v) is 3.48. The molecular weight excluding hydrogens is 383 g/mol. The summed E-state index contributed by atoms with van der Waals surface area (Å²) in [6, 6.07) is 8.39. The first-order valence-electron chi connectivity index (χ1n) is 10.7. The topological polar surface area (TPSA) is 54.7 Å². The molecule has 1 fully saturated rings. The van der Waals surface area contributed by atoms with E-state index in [1.165, 1.54) is 12.1 Å². The molecule has 0 bridgehead atoms. The van der Waals surface area contributed by atoms with Crippen molar-refractivity contribution in [3.8, 4) is 0 Å². The Labute approximate surface area is 178 Å². The number of carbonyl (C=O) groups excluding carboxylic acids is 1. The maximum absolute atomic E-state index is 13.1. The Hall–Kier alpha value is -2.18. The van der Waals surface area contributed by atoms with Gasteiger partial charge in [0.05, 0.1) is 25.3 Å². The molecule has 0 radical (unpaired) electrons. The quantitative estimate of drug-likeness (QED) is 0.731. The molecule has 1 N–H and O–H groups in total. The molecule has 6 heteroatoms. The van der Waals surface area contributed by atoms with Crippen molar-refractivity contribution in [2.45, 2.75) is 58.5 Å². The van der Waals surface area contributed by atoms with E-state index >= 15 is 0 Å². The lowest BCUT2D eigenvalue weighted by Crippen LogP contribution is -2.37. The van der Waals surface area contributed by atoms with Gasteiger partial charge in [-0.1, -0.05) is 32.9 Å². The molecule has 5 nitrogen and oxygen atoms in total. The van der Waals surface area contributed by atoms with Crippen molar-refractivity contribution < 1.29 is 18.3 Å². The van der Waals surface area contributed by atoms with Crippen LogP contribution in [0.15, 0.2) is 34.7 Å². The molecule has 1 aliphatic rings. The SMILES string of the molecule is CC(CCc1ccc(F)cc1)NC(=O)c1cc(C(C)(C)C)oc1CN1CCOCC1. The Balaban J connectivity index is 1.66. The Morgan fingerprint density at radius 3 is 2.50 bits per heavy atom. The maximum atomic E-state index is 13.1. The molecule has 1 aliphatic heterocycles. The number of amides is 1. The van der Waals surface area contributed by atoms with Gasteiger partial charge in [0.15, 0.2) is 0 Å². The van der Waals surface area contributed by atoms with Crippen LogP contribution in [-0.2, 0) is 23.1 Å². The van der Waals surface area contributed by atoms with E-state index in [2.05, 4.69) is 31.0 Å². The molecule has 0 aliphatic carbocycles. The summed E-state index contributed by atoms with van der Waals surface area (Å²) in [6.07, 6.45) is 1.56. The first kappa shape index (κ1) is 22.5. The molecule has 1 amide bonds. The van der Waals surface area contributed by atoms with E-state index in [4.69, 9.17) is 9.15 Å². The van der Waals surface area contributed by atoms with Gasteiger partial charge in [-0.15, -0.1) is 0 Å². The third-order valence-corrected chi connectivity index (χ3v) is 5.42. The fourth-order valence-electron chi connectivity index (χ4n) is 3.48. The van der Waals surface area contributed by atoms with E-state index in [0.717, 1.165) is 37.3 Å². The molecule has 2 heterocycles. The smallest absolute Gasteiger partial charge is 0.255 e. The summed E-state index contributed by atoms with van der Waals surface area (Å²) >= 11 is 0. The largest absolute Gasteiger partial charge is 0.463 e. The van der Waals surface area contributed by atoms with E-state index in [9.17, 15) is 9.18 Å².